The van der Waals surface area contributed by atoms with Crippen molar-refractivity contribution in [2.45, 2.75) is 30.7 Å². The Morgan fingerprint density at radius 1 is 1.21 bits per heavy atom. The number of rotatable bonds is 3. The van der Waals surface area contributed by atoms with Crippen molar-refractivity contribution in [1.82, 2.24) is 4.31 Å². The van der Waals surface area contributed by atoms with Crippen molar-refractivity contribution in [2.75, 3.05) is 13.2 Å². The Bertz CT molecular complexity index is 567. The van der Waals surface area contributed by atoms with E-state index in [-0.39, 0.29) is 12.6 Å². The molecule has 1 saturated heterocycles. The zero-order valence-corrected chi connectivity index (χ0v) is 11.8. The molecule has 2 aliphatic rings. The van der Waals surface area contributed by atoms with Crippen LogP contribution in [0.25, 0.3) is 0 Å². The maximum absolute atomic E-state index is 12.6. The number of aryl methyl sites for hydroxylation is 1. The summed E-state index contributed by atoms with van der Waals surface area (Å²) in [6.07, 6.45) is 1.91. The van der Waals surface area contributed by atoms with Crippen LogP contribution in [-0.4, -0.2) is 37.0 Å². The standard InChI is InChI=1S/C14H19NO3S/c1-10-2-4-14(5-3-10)19(17,18)15-8-12-6-11(12)7-13(15)9-16/h2-5,11-13,16H,6-9H2,1H3/t11-,12+,13+/m1/s1. The first-order valence-electron chi connectivity index (χ1n) is 6.71. The largest absolute Gasteiger partial charge is 0.395 e. The van der Waals surface area contributed by atoms with Gasteiger partial charge >= 0.3 is 0 Å². The van der Waals surface area contributed by atoms with E-state index in [1.165, 1.54) is 4.31 Å². The molecule has 0 spiro atoms. The molecule has 0 bridgehead atoms. The lowest BCUT2D eigenvalue weighted by Crippen LogP contribution is -2.46. The van der Waals surface area contributed by atoms with Gasteiger partial charge in [-0.15, -0.1) is 0 Å². The first-order valence-corrected chi connectivity index (χ1v) is 8.15. The minimum Gasteiger partial charge on any atom is -0.395 e. The van der Waals surface area contributed by atoms with Gasteiger partial charge in [0.05, 0.1) is 11.5 Å². The van der Waals surface area contributed by atoms with Gasteiger partial charge in [-0.25, -0.2) is 8.42 Å². The number of aliphatic hydroxyl groups excluding tert-OH is 1. The van der Waals surface area contributed by atoms with Crippen molar-refractivity contribution in [3.8, 4) is 0 Å². The maximum Gasteiger partial charge on any atom is 0.243 e. The van der Waals surface area contributed by atoms with Crippen molar-refractivity contribution in [3.63, 3.8) is 0 Å². The SMILES string of the molecule is Cc1ccc(S(=O)(=O)N2C[C@@H]3C[C@@H]3C[C@H]2CO)cc1. The molecule has 1 aromatic carbocycles. The average molecular weight is 281 g/mol. The highest BCUT2D eigenvalue weighted by atomic mass is 32.2. The molecule has 4 nitrogen and oxygen atoms in total. The first-order chi connectivity index (χ1) is 9.02. The van der Waals surface area contributed by atoms with Crippen LogP contribution in [0, 0.1) is 18.8 Å². The van der Waals surface area contributed by atoms with Crippen LogP contribution < -0.4 is 0 Å². The Morgan fingerprint density at radius 3 is 2.53 bits per heavy atom. The summed E-state index contributed by atoms with van der Waals surface area (Å²) in [5.74, 6) is 1.13. The maximum atomic E-state index is 12.6. The fraction of sp³-hybridized carbons (Fsp3) is 0.571. The Balaban J connectivity index is 1.92. The number of nitrogens with zero attached hydrogens (tertiary/aromatic N) is 1. The van der Waals surface area contributed by atoms with Gasteiger partial charge in [-0.3, -0.25) is 0 Å². The van der Waals surface area contributed by atoms with Crippen molar-refractivity contribution in [3.05, 3.63) is 29.8 Å². The molecule has 0 aromatic heterocycles. The van der Waals surface area contributed by atoms with Gasteiger partial charge < -0.3 is 5.11 Å². The van der Waals surface area contributed by atoms with Gasteiger partial charge in [-0.1, -0.05) is 17.7 Å². The second kappa shape index (κ2) is 4.58. The van der Waals surface area contributed by atoms with Gasteiger partial charge in [-0.2, -0.15) is 4.31 Å². The highest BCUT2D eigenvalue weighted by molar-refractivity contribution is 7.89. The lowest BCUT2D eigenvalue weighted by atomic mass is 10.1. The Labute approximate surface area is 114 Å². The van der Waals surface area contributed by atoms with Crippen LogP contribution in [0.2, 0.25) is 0 Å². The lowest BCUT2D eigenvalue weighted by molar-refractivity contribution is 0.150. The molecular weight excluding hydrogens is 262 g/mol. The number of fused-ring (bicyclic) bond motifs is 1. The number of sulfonamides is 1. The molecule has 0 amide bonds. The van der Waals surface area contributed by atoms with Gasteiger partial charge in [-0.05, 0) is 43.7 Å². The molecule has 19 heavy (non-hydrogen) atoms. The van der Waals surface area contributed by atoms with Crippen molar-refractivity contribution >= 4 is 10.0 Å². The van der Waals surface area contributed by atoms with E-state index in [1.54, 1.807) is 12.1 Å². The van der Waals surface area contributed by atoms with E-state index in [9.17, 15) is 13.5 Å². The molecule has 1 aliphatic carbocycles. The van der Waals surface area contributed by atoms with Crippen LogP contribution in [0.1, 0.15) is 18.4 Å². The van der Waals surface area contributed by atoms with E-state index in [0.29, 0.717) is 23.3 Å². The molecule has 3 rings (SSSR count). The molecule has 1 saturated carbocycles. The number of hydrogen-bond donors (Lipinski definition) is 1. The zero-order chi connectivity index (χ0) is 13.6. The quantitative estimate of drug-likeness (QED) is 0.911. The van der Waals surface area contributed by atoms with Crippen LogP contribution in [0.5, 0.6) is 0 Å². The van der Waals surface area contributed by atoms with Crippen molar-refractivity contribution in [2.24, 2.45) is 11.8 Å². The predicted octanol–water partition coefficient (Wildman–Crippen LogP) is 1.39. The minimum absolute atomic E-state index is 0.0890. The van der Waals surface area contributed by atoms with E-state index in [2.05, 4.69) is 0 Å². The minimum atomic E-state index is -3.47. The summed E-state index contributed by atoms with van der Waals surface area (Å²) in [7, 11) is -3.47. The second-order valence-corrected chi connectivity index (χ2v) is 7.61. The van der Waals surface area contributed by atoms with Gasteiger partial charge in [0.2, 0.25) is 10.0 Å². The smallest absolute Gasteiger partial charge is 0.243 e. The monoisotopic (exact) mass is 281 g/mol. The summed E-state index contributed by atoms with van der Waals surface area (Å²) in [6.45, 7) is 2.41. The Hall–Kier alpha value is -0.910. The fourth-order valence-corrected chi connectivity index (χ4v) is 4.66. The number of hydrogen-bond acceptors (Lipinski definition) is 3. The highest BCUT2D eigenvalue weighted by Gasteiger charge is 2.49. The summed E-state index contributed by atoms with van der Waals surface area (Å²) < 4.78 is 26.8. The third-order valence-electron chi connectivity index (χ3n) is 4.30. The van der Waals surface area contributed by atoms with E-state index >= 15 is 0 Å². The molecule has 1 N–H and O–H groups in total. The van der Waals surface area contributed by atoms with Gasteiger partial charge in [0, 0.05) is 12.6 Å². The molecule has 104 valence electrons. The molecule has 3 atom stereocenters. The third kappa shape index (κ3) is 2.30. The molecule has 1 heterocycles. The van der Waals surface area contributed by atoms with Gasteiger partial charge in [0.1, 0.15) is 0 Å². The number of benzene rings is 1. The molecular formula is C14H19NO3S. The summed E-state index contributed by atoms with van der Waals surface area (Å²) in [5.41, 5.74) is 1.04. The lowest BCUT2D eigenvalue weighted by Gasteiger charge is -2.33. The van der Waals surface area contributed by atoms with Crippen LogP contribution in [0.15, 0.2) is 29.2 Å². The van der Waals surface area contributed by atoms with Crippen LogP contribution in [-0.2, 0) is 10.0 Å². The predicted molar refractivity (Wildman–Crippen MR) is 72.2 cm³/mol. The van der Waals surface area contributed by atoms with Crippen LogP contribution in [0.3, 0.4) is 0 Å². The van der Waals surface area contributed by atoms with E-state index < -0.39 is 10.0 Å². The summed E-state index contributed by atoms with van der Waals surface area (Å²) in [4.78, 5) is 0.329. The summed E-state index contributed by atoms with van der Waals surface area (Å²) >= 11 is 0. The molecule has 5 heteroatoms. The molecule has 2 fully saturated rings. The number of piperidine rings is 1. The van der Waals surface area contributed by atoms with Crippen LogP contribution >= 0.6 is 0 Å². The van der Waals surface area contributed by atoms with Gasteiger partial charge in [0.15, 0.2) is 0 Å². The van der Waals surface area contributed by atoms with Crippen molar-refractivity contribution in [1.29, 1.82) is 0 Å². The van der Waals surface area contributed by atoms with E-state index in [1.807, 2.05) is 19.1 Å². The third-order valence-corrected chi connectivity index (χ3v) is 6.24. The van der Waals surface area contributed by atoms with E-state index in [4.69, 9.17) is 0 Å². The van der Waals surface area contributed by atoms with Crippen LogP contribution in [0.4, 0.5) is 0 Å². The molecule has 0 radical (unpaired) electrons. The number of aliphatic hydroxyl groups is 1. The normalized spacial score (nSPS) is 30.9. The second-order valence-electron chi connectivity index (χ2n) is 5.72. The highest BCUT2D eigenvalue weighted by Crippen LogP contribution is 2.48. The zero-order valence-electron chi connectivity index (χ0n) is 11.0. The average Bonchev–Trinajstić information content (AvgIpc) is 3.15. The molecule has 0 unspecified atom stereocenters. The summed E-state index contributed by atoms with van der Waals surface area (Å²) in [6, 6.07) is 6.67. The Kier molecular flexibility index (Phi) is 3.15. The Morgan fingerprint density at radius 2 is 1.89 bits per heavy atom. The first kappa shape index (κ1) is 13.1. The topological polar surface area (TPSA) is 57.6 Å². The molecule has 1 aliphatic heterocycles. The van der Waals surface area contributed by atoms with E-state index in [0.717, 1.165) is 18.4 Å². The summed E-state index contributed by atoms with van der Waals surface area (Å²) in [5, 5.41) is 9.45. The van der Waals surface area contributed by atoms with Crippen molar-refractivity contribution < 1.29 is 13.5 Å². The fourth-order valence-electron chi connectivity index (χ4n) is 2.98. The molecule has 1 aromatic rings. The van der Waals surface area contributed by atoms with Gasteiger partial charge in [0.25, 0.3) is 0 Å².